The van der Waals surface area contributed by atoms with E-state index in [4.69, 9.17) is 4.42 Å². The minimum absolute atomic E-state index is 0.0738. The van der Waals surface area contributed by atoms with Crippen LogP contribution in [0.25, 0.3) is 6.08 Å². The summed E-state index contributed by atoms with van der Waals surface area (Å²) in [5.74, 6) is -0.772. The largest absolute Gasteiger partial charge is 0.465 e. The van der Waals surface area contributed by atoms with Gasteiger partial charge in [0.25, 0.3) is 17.5 Å². The Bertz CT molecular complexity index is 1030. The van der Waals surface area contributed by atoms with Gasteiger partial charge in [-0.15, -0.1) is 0 Å². The average Bonchev–Trinajstić information content (AvgIpc) is 3.21. The first-order valence-electron chi connectivity index (χ1n) is 8.20. The number of nitrogens with one attached hydrogen (secondary N) is 2. The summed E-state index contributed by atoms with van der Waals surface area (Å²) in [6.07, 6.45) is 2.80. The number of benzene rings is 2. The van der Waals surface area contributed by atoms with E-state index in [9.17, 15) is 19.7 Å². The highest BCUT2D eigenvalue weighted by atomic mass is 16.6. The summed E-state index contributed by atoms with van der Waals surface area (Å²) in [6, 6.07) is 17.1. The van der Waals surface area contributed by atoms with Crippen molar-refractivity contribution in [2.45, 2.75) is 0 Å². The smallest absolute Gasteiger partial charge is 0.272 e. The van der Waals surface area contributed by atoms with E-state index in [-0.39, 0.29) is 17.1 Å². The van der Waals surface area contributed by atoms with Crippen molar-refractivity contribution in [1.82, 2.24) is 5.32 Å². The van der Waals surface area contributed by atoms with E-state index in [0.717, 1.165) is 0 Å². The number of nitrogens with zero attached hydrogens (tertiary/aromatic N) is 1. The number of carbonyl (C=O) groups is 2. The lowest BCUT2D eigenvalue weighted by atomic mass is 10.2. The molecule has 140 valence electrons. The van der Waals surface area contributed by atoms with Crippen molar-refractivity contribution in [2.24, 2.45) is 0 Å². The van der Waals surface area contributed by atoms with Gasteiger partial charge < -0.3 is 15.1 Å². The topological polar surface area (TPSA) is 114 Å². The van der Waals surface area contributed by atoms with Crippen LogP contribution in [0.1, 0.15) is 16.1 Å². The number of anilines is 1. The van der Waals surface area contributed by atoms with Gasteiger partial charge in [0, 0.05) is 29.5 Å². The lowest BCUT2D eigenvalue weighted by Gasteiger charge is -2.11. The zero-order valence-electron chi connectivity index (χ0n) is 14.5. The SMILES string of the molecule is O=C(Nc1cccc([N+](=O)[O-])c1)C(=Cc1ccco1)NC(=O)c1ccccc1. The minimum atomic E-state index is -0.652. The molecule has 1 heterocycles. The fourth-order valence-corrected chi connectivity index (χ4v) is 2.35. The number of carbonyl (C=O) groups excluding carboxylic acids is 2. The van der Waals surface area contributed by atoms with Gasteiger partial charge in [-0.05, 0) is 30.3 Å². The number of non-ortho nitro benzene ring substituents is 1. The standard InChI is InChI=1S/C20H15N3O5/c24-19(14-6-2-1-3-7-14)22-18(13-17-10-5-11-28-17)20(25)21-15-8-4-9-16(12-15)23(26)27/h1-13H,(H,21,25)(H,22,24). The van der Waals surface area contributed by atoms with Gasteiger partial charge in [-0.3, -0.25) is 19.7 Å². The van der Waals surface area contributed by atoms with Gasteiger partial charge in [0.2, 0.25) is 0 Å². The van der Waals surface area contributed by atoms with Crippen LogP contribution in [-0.4, -0.2) is 16.7 Å². The molecule has 2 amide bonds. The number of hydrogen-bond donors (Lipinski definition) is 2. The van der Waals surface area contributed by atoms with Crippen LogP contribution in [0.5, 0.6) is 0 Å². The van der Waals surface area contributed by atoms with Crippen molar-refractivity contribution in [3.05, 3.63) is 100 Å². The molecular weight excluding hydrogens is 362 g/mol. The van der Waals surface area contributed by atoms with Crippen molar-refractivity contribution >= 4 is 29.3 Å². The van der Waals surface area contributed by atoms with Crippen LogP contribution < -0.4 is 10.6 Å². The highest BCUT2D eigenvalue weighted by molar-refractivity contribution is 6.10. The molecule has 0 spiro atoms. The van der Waals surface area contributed by atoms with Crippen LogP contribution in [-0.2, 0) is 4.79 Å². The van der Waals surface area contributed by atoms with Crippen LogP contribution in [0.4, 0.5) is 11.4 Å². The first kappa shape index (κ1) is 18.6. The number of nitro benzene ring substituents is 1. The van der Waals surface area contributed by atoms with Crippen molar-refractivity contribution in [3.8, 4) is 0 Å². The molecule has 28 heavy (non-hydrogen) atoms. The molecule has 0 aliphatic rings. The van der Waals surface area contributed by atoms with E-state index in [1.807, 2.05) is 0 Å². The fraction of sp³-hybridized carbons (Fsp3) is 0. The van der Waals surface area contributed by atoms with Gasteiger partial charge >= 0.3 is 0 Å². The van der Waals surface area contributed by atoms with E-state index >= 15 is 0 Å². The molecular formula is C20H15N3O5. The Kier molecular flexibility index (Phi) is 5.61. The molecule has 0 radical (unpaired) electrons. The molecule has 3 rings (SSSR count). The Balaban J connectivity index is 1.84. The van der Waals surface area contributed by atoms with Crippen molar-refractivity contribution in [3.63, 3.8) is 0 Å². The molecule has 0 bridgehead atoms. The molecule has 0 saturated carbocycles. The van der Waals surface area contributed by atoms with Gasteiger partial charge in [-0.1, -0.05) is 24.3 Å². The Labute approximate surface area is 159 Å². The van der Waals surface area contributed by atoms with Crippen molar-refractivity contribution in [1.29, 1.82) is 0 Å². The second-order valence-corrected chi connectivity index (χ2v) is 5.66. The second-order valence-electron chi connectivity index (χ2n) is 5.66. The van der Waals surface area contributed by atoms with Crippen molar-refractivity contribution < 1.29 is 18.9 Å². The van der Waals surface area contributed by atoms with Gasteiger partial charge in [-0.2, -0.15) is 0 Å². The predicted octanol–water partition coefficient (Wildman–Crippen LogP) is 3.60. The van der Waals surface area contributed by atoms with Gasteiger partial charge in [0.05, 0.1) is 11.2 Å². The Morgan fingerprint density at radius 1 is 1.00 bits per heavy atom. The zero-order valence-corrected chi connectivity index (χ0v) is 14.5. The molecule has 0 unspecified atom stereocenters. The van der Waals surface area contributed by atoms with Gasteiger partial charge in [-0.25, -0.2) is 0 Å². The summed E-state index contributed by atoms with van der Waals surface area (Å²) >= 11 is 0. The maximum Gasteiger partial charge on any atom is 0.272 e. The molecule has 2 N–H and O–H groups in total. The summed E-state index contributed by atoms with van der Waals surface area (Å²) < 4.78 is 5.21. The quantitative estimate of drug-likeness (QED) is 0.387. The maximum absolute atomic E-state index is 12.7. The fourth-order valence-electron chi connectivity index (χ4n) is 2.35. The summed E-state index contributed by atoms with van der Waals surface area (Å²) in [7, 11) is 0. The second kappa shape index (κ2) is 8.45. The zero-order chi connectivity index (χ0) is 19.9. The number of amides is 2. The lowest BCUT2D eigenvalue weighted by Crippen LogP contribution is -2.30. The van der Waals surface area contributed by atoms with Crippen molar-refractivity contribution in [2.75, 3.05) is 5.32 Å². The molecule has 8 heteroatoms. The van der Waals surface area contributed by atoms with Gasteiger partial charge in [0.15, 0.2) is 0 Å². The molecule has 2 aromatic carbocycles. The van der Waals surface area contributed by atoms with Crippen LogP contribution in [0, 0.1) is 10.1 Å². The molecule has 1 aromatic heterocycles. The van der Waals surface area contributed by atoms with Crippen LogP contribution in [0.2, 0.25) is 0 Å². The molecule has 0 aliphatic heterocycles. The van der Waals surface area contributed by atoms with E-state index in [2.05, 4.69) is 10.6 Å². The predicted molar refractivity (Wildman–Crippen MR) is 102 cm³/mol. The summed E-state index contributed by atoms with van der Waals surface area (Å²) in [5, 5.41) is 16.0. The minimum Gasteiger partial charge on any atom is -0.465 e. The third-order valence-corrected chi connectivity index (χ3v) is 3.67. The van der Waals surface area contributed by atoms with Gasteiger partial charge in [0.1, 0.15) is 11.5 Å². The summed E-state index contributed by atoms with van der Waals surface area (Å²) in [5.41, 5.74) is 0.354. The Hall–Kier alpha value is -4.20. The third kappa shape index (κ3) is 4.70. The third-order valence-electron chi connectivity index (χ3n) is 3.67. The van der Waals surface area contributed by atoms with E-state index in [1.54, 1.807) is 42.5 Å². The van der Waals surface area contributed by atoms with E-state index in [0.29, 0.717) is 11.3 Å². The normalized spacial score (nSPS) is 10.9. The number of rotatable bonds is 6. The molecule has 0 saturated heterocycles. The monoisotopic (exact) mass is 377 g/mol. The molecule has 8 nitrogen and oxygen atoms in total. The number of hydrogen-bond acceptors (Lipinski definition) is 5. The molecule has 3 aromatic rings. The summed E-state index contributed by atoms with van der Waals surface area (Å²) in [4.78, 5) is 35.4. The van der Waals surface area contributed by atoms with Crippen LogP contribution in [0.15, 0.2) is 83.1 Å². The molecule has 0 atom stereocenters. The first-order chi connectivity index (χ1) is 13.5. The average molecular weight is 377 g/mol. The molecule has 0 aliphatic carbocycles. The highest BCUT2D eigenvalue weighted by Gasteiger charge is 2.16. The Morgan fingerprint density at radius 2 is 1.79 bits per heavy atom. The van der Waals surface area contributed by atoms with E-state index < -0.39 is 16.7 Å². The van der Waals surface area contributed by atoms with E-state index in [1.165, 1.54) is 36.6 Å². The first-order valence-corrected chi connectivity index (χ1v) is 8.20. The Morgan fingerprint density at radius 3 is 2.46 bits per heavy atom. The molecule has 0 fully saturated rings. The maximum atomic E-state index is 12.7. The number of nitro groups is 1. The van der Waals surface area contributed by atoms with Crippen LogP contribution >= 0.6 is 0 Å². The highest BCUT2D eigenvalue weighted by Crippen LogP contribution is 2.18. The van der Waals surface area contributed by atoms with Crippen LogP contribution in [0.3, 0.4) is 0 Å². The summed E-state index contributed by atoms with van der Waals surface area (Å²) in [6.45, 7) is 0. The lowest BCUT2D eigenvalue weighted by molar-refractivity contribution is -0.384. The number of furan rings is 1.